The van der Waals surface area contributed by atoms with E-state index in [1.165, 1.54) is 20.3 Å². The molecule has 0 aliphatic rings. The summed E-state index contributed by atoms with van der Waals surface area (Å²) >= 11 is 0. The summed E-state index contributed by atoms with van der Waals surface area (Å²) in [5.41, 5.74) is -0.262. The van der Waals surface area contributed by atoms with E-state index in [1.54, 1.807) is 0 Å². The molecule has 0 aliphatic heterocycles. The Morgan fingerprint density at radius 3 is 2.55 bits per heavy atom. The number of carbonyl (C=O) groups is 2. The summed E-state index contributed by atoms with van der Waals surface area (Å²) in [7, 11) is 2.68. The molecule has 110 valence electrons. The molecule has 1 aromatic carbocycles. The Balaban J connectivity index is 2.83. The Kier molecular flexibility index (Phi) is 5.76. The summed E-state index contributed by atoms with van der Waals surface area (Å²) < 4.78 is 23.7. The second kappa shape index (κ2) is 7.32. The van der Waals surface area contributed by atoms with Gasteiger partial charge in [-0.2, -0.15) is 0 Å². The van der Waals surface area contributed by atoms with Crippen LogP contribution in [0.15, 0.2) is 12.1 Å². The monoisotopic (exact) mass is 285 g/mol. The predicted octanol–water partition coefficient (Wildman–Crippen LogP) is 1.44. The lowest BCUT2D eigenvalue weighted by Crippen LogP contribution is -2.26. The number of aliphatic carboxylic acids is 1. The number of carbonyl (C=O) groups excluding carboxylic acids is 1. The van der Waals surface area contributed by atoms with Gasteiger partial charge in [-0.25, -0.2) is 4.39 Å². The predicted molar refractivity (Wildman–Crippen MR) is 68.7 cm³/mol. The zero-order chi connectivity index (χ0) is 15.1. The van der Waals surface area contributed by atoms with Crippen LogP contribution in [0.1, 0.15) is 23.2 Å². The largest absolute Gasteiger partial charge is 0.493 e. The van der Waals surface area contributed by atoms with Gasteiger partial charge in [-0.1, -0.05) is 0 Å². The Labute approximate surface area is 115 Å². The van der Waals surface area contributed by atoms with E-state index in [9.17, 15) is 14.0 Å². The molecule has 2 N–H and O–H groups in total. The van der Waals surface area contributed by atoms with E-state index in [0.717, 1.165) is 6.07 Å². The van der Waals surface area contributed by atoms with Gasteiger partial charge in [-0.3, -0.25) is 9.59 Å². The lowest BCUT2D eigenvalue weighted by Gasteiger charge is -2.13. The maximum absolute atomic E-state index is 13.8. The number of carboxylic acid groups (broad SMARTS) is 1. The van der Waals surface area contributed by atoms with E-state index in [-0.39, 0.29) is 36.4 Å². The highest BCUT2D eigenvalue weighted by atomic mass is 19.1. The molecule has 0 atom stereocenters. The summed E-state index contributed by atoms with van der Waals surface area (Å²) in [5, 5.41) is 10.9. The van der Waals surface area contributed by atoms with Crippen LogP contribution >= 0.6 is 0 Å². The fraction of sp³-hybridized carbons (Fsp3) is 0.385. The van der Waals surface area contributed by atoms with Crippen LogP contribution in [0.4, 0.5) is 4.39 Å². The molecule has 0 saturated carbocycles. The van der Waals surface area contributed by atoms with Crippen molar-refractivity contribution in [2.24, 2.45) is 0 Å². The Hall–Kier alpha value is -2.31. The van der Waals surface area contributed by atoms with E-state index in [2.05, 4.69) is 5.32 Å². The van der Waals surface area contributed by atoms with Gasteiger partial charge in [0.05, 0.1) is 14.2 Å². The van der Waals surface area contributed by atoms with Crippen LogP contribution < -0.4 is 14.8 Å². The molecule has 0 aromatic heterocycles. The number of nitrogens with one attached hydrogen (secondary N) is 1. The number of ether oxygens (including phenoxy) is 2. The first-order valence-corrected chi connectivity index (χ1v) is 5.91. The molecular weight excluding hydrogens is 269 g/mol. The van der Waals surface area contributed by atoms with Crippen LogP contribution in [0.25, 0.3) is 0 Å². The standard InChI is InChI=1S/C13H16FNO5/c1-19-9-6-5-8(14)11(12(9)20-2)13(18)15-7-3-4-10(16)17/h5-6H,3-4,7H2,1-2H3,(H,15,18)(H,16,17). The second-order valence-electron chi connectivity index (χ2n) is 3.91. The molecule has 0 spiro atoms. The summed E-state index contributed by atoms with van der Waals surface area (Å²) in [6, 6.07) is 2.46. The van der Waals surface area contributed by atoms with Gasteiger partial charge in [0.15, 0.2) is 11.5 Å². The van der Waals surface area contributed by atoms with Crippen molar-refractivity contribution in [2.75, 3.05) is 20.8 Å². The van der Waals surface area contributed by atoms with Gasteiger partial charge in [-0.05, 0) is 18.6 Å². The molecule has 0 radical (unpaired) electrons. The summed E-state index contributed by atoms with van der Waals surface area (Å²) in [6.45, 7) is 0.130. The van der Waals surface area contributed by atoms with E-state index in [0.29, 0.717) is 0 Å². The lowest BCUT2D eigenvalue weighted by molar-refractivity contribution is -0.137. The Morgan fingerprint density at radius 2 is 2.00 bits per heavy atom. The Morgan fingerprint density at radius 1 is 1.30 bits per heavy atom. The van der Waals surface area contributed by atoms with Crippen molar-refractivity contribution in [1.82, 2.24) is 5.32 Å². The number of halogens is 1. The van der Waals surface area contributed by atoms with Crippen LogP contribution in [-0.2, 0) is 4.79 Å². The van der Waals surface area contributed by atoms with Crippen LogP contribution in [0.5, 0.6) is 11.5 Å². The lowest BCUT2D eigenvalue weighted by atomic mass is 10.1. The highest BCUT2D eigenvalue weighted by molar-refractivity contribution is 5.98. The summed E-state index contributed by atoms with van der Waals surface area (Å²) in [5.74, 6) is -2.13. The molecule has 0 bridgehead atoms. The van der Waals surface area contributed by atoms with Gasteiger partial charge < -0.3 is 19.9 Å². The van der Waals surface area contributed by atoms with Gasteiger partial charge >= 0.3 is 5.97 Å². The highest BCUT2D eigenvalue weighted by Crippen LogP contribution is 2.32. The van der Waals surface area contributed by atoms with Crippen LogP contribution in [0, 0.1) is 5.82 Å². The number of benzene rings is 1. The first-order chi connectivity index (χ1) is 9.51. The molecule has 0 unspecified atom stereocenters. The maximum Gasteiger partial charge on any atom is 0.303 e. The molecule has 1 aromatic rings. The molecule has 6 nitrogen and oxygen atoms in total. The fourth-order valence-corrected chi connectivity index (χ4v) is 1.64. The van der Waals surface area contributed by atoms with E-state index >= 15 is 0 Å². The molecule has 0 heterocycles. The number of hydrogen-bond acceptors (Lipinski definition) is 4. The third-order valence-corrected chi connectivity index (χ3v) is 2.57. The van der Waals surface area contributed by atoms with Gasteiger partial charge in [0.1, 0.15) is 11.4 Å². The molecule has 0 fully saturated rings. The molecule has 0 aliphatic carbocycles. The van der Waals surface area contributed by atoms with Crippen molar-refractivity contribution in [3.63, 3.8) is 0 Å². The first kappa shape index (κ1) is 15.7. The van der Waals surface area contributed by atoms with E-state index in [1.807, 2.05) is 0 Å². The third-order valence-electron chi connectivity index (χ3n) is 2.57. The van der Waals surface area contributed by atoms with Gasteiger partial charge in [0, 0.05) is 13.0 Å². The van der Waals surface area contributed by atoms with Crippen molar-refractivity contribution < 1.29 is 28.6 Å². The molecule has 0 saturated heterocycles. The number of amides is 1. The second-order valence-corrected chi connectivity index (χ2v) is 3.91. The molecule has 1 amide bonds. The zero-order valence-electron chi connectivity index (χ0n) is 11.2. The number of rotatable bonds is 7. The van der Waals surface area contributed by atoms with Crippen molar-refractivity contribution in [1.29, 1.82) is 0 Å². The van der Waals surface area contributed by atoms with Crippen molar-refractivity contribution in [3.8, 4) is 11.5 Å². The zero-order valence-corrected chi connectivity index (χ0v) is 11.2. The first-order valence-electron chi connectivity index (χ1n) is 5.91. The SMILES string of the molecule is COc1ccc(F)c(C(=O)NCCCC(=O)O)c1OC. The number of carboxylic acids is 1. The smallest absolute Gasteiger partial charge is 0.303 e. The van der Waals surface area contributed by atoms with Crippen LogP contribution in [-0.4, -0.2) is 37.7 Å². The van der Waals surface area contributed by atoms with Crippen molar-refractivity contribution in [2.45, 2.75) is 12.8 Å². The minimum atomic E-state index is -0.954. The Bertz CT molecular complexity index is 504. The van der Waals surface area contributed by atoms with Crippen molar-refractivity contribution >= 4 is 11.9 Å². The topological polar surface area (TPSA) is 84.9 Å². The number of hydrogen-bond donors (Lipinski definition) is 2. The van der Waals surface area contributed by atoms with Gasteiger partial charge in [-0.15, -0.1) is 0 Å². The molecular formula is C13H16FNO5. The van der Waals surface area contributed by atoms with Gasteiger partial charge in [0.2, 0.25) is 0 Å². The minimum Gasteiger partial charge on any atom is -0.493 e. The minimum absolute atomic E-state index is 0.00299. The highest BCUT2D eigenvalue weighted by Gasteiger charge is 2.21. The average molecular weight is 285 g/mol. The van der Waals surface area contributed by atoms with E-state index < -0.39 is 17.7 Å². The van der Waals surface area contributed by atoms with Gasteiger partial charge in [0.25, 0.3) is 5.91 Å². The normalized spacial score (nSPS) is 9.95. The van der Waals surface area contributed by atoms with Crippen LogP contribution in [0.2, 0.25) is 0 Å². The average Bonchev–Trinajstić information content (AvgIpc) is 2.42. The van der Waals surface area contributed by atoms with Crippen LogP contribution in [0.3, 0.4) is 0 Å². The number of methoxy groups -OCH3 is 2. The summed E-state index contributed by atoms with van der Waals surface area (Å²) in [4.78, 5) is 22.3. The maximum atomic E-state index is 13.8. The quantitative estimate of drug-likeness (QED) is 0.740. The summed E-state index contributed by atoms with van der Waals surface area (Å²) in [6.07, 6.45) is 0.187. The molecule has 7 heteroatoms. The van der Waals surface area contributed by atoms with Crippen molar-refractivity contribution in [3.05, 3.63) is 23.5 Å². The fourth-order valence-electron chi connectivity index (χ4n) is 1.64. The molecule has 20 heavy (non-hydrogen) atoms. The third kappa shape index (κ3) is 3.84. The molecule has 1 rings (SSSR count). The van der Waals surface area contributed by atoms with E-state index in [4.69, 9.17) is 14.6 Å².